The van der Waals surface area contributed by atoms with Gasteiger partial charge >= 0.3 is 6.18 Å². The smallest absolute Gasteiger partial charge is 0.329 e. The molecule has 1 aromatic rings. The maximum atomic E-state index is 12.8. The van der Waals surface area contributed by atoms with E-state index in [4.69, 9.17) is 5.73 Å². The molecule has 2 nitrogen and oxygen atoms in total. The number of hydrogen-bond acceptors (Lipinski definition) is 2. The molecule has 1 rings (SSSR count). The number of nitrogens with zero attached hydrogens (tertiary/aromatic N) is 1. The van der Waals surface area contributed by atoms with Crippen LogP contribution >= 0.6 is 0 Å². The second-order valence-electron chi connectivity index (χ2n) is 4.91. The Morgan fingerprint density at radius 1 is 1.15 bits per heavy atom. The molecule has 0 aliphatic rings. The molecule has 2 N–H and O–H groups in total. The van der Waals surface area contributed by atoms with Crippen LogP contribution in [-0.2, 0) is 6.18 Å². The van der Waals surface area contributed by atoms with Gasteiger partial charge in [-0.1, -0.05) is 26.0 Å². The Bertz CT molecular complexity index is 398. The lowest BCUT2D eigenvalue weighted by atomic mass is 10.0. The van der Waals surface area contributed by atoms with Gasteiger partial charge < -0.3 is 5.73 Å². The Balaban J connectivity index is 3.04. The van der Waals surface area contributed by atoms with Crippen molar-refractivity contribution in [3.05, 3.63) is 35.4 Å². The van der Waals surface area contributed by atoms with Gasteiger partial charge in [-0.2, -0.15) is 13.2 Å². The van der Waals surface area contributed by atoms with Gasteiger partial charge in [-0.15, -0.1) is 0 Å². The third kappa shape index (κ3) is 4.49. The number of halogens is 3. The van der Waals surface area contributed by atoms with Crippen molar-refractivity contribution in [2.24, 2.45) is 5.73 Å². The lowest BCUT2D eigenvalue weighted by Gasteiger charge is -2.31. The number of rotatable bonds is 7. The molecular weight excluding hydrogens is 265 g/mol. The topological polar surface area (TPSA) is 29.3 Å². The average Bonchev–Trinajstić information content (AvgIpc) is 2.39. The van der Waals surface area contributed by atoms with Crippen LogP contribution in [0.5, 0.6) is 0 Å². The number of nitrogens with two attached hydrogens (primary N) is 1. The van der Waals surface area contributed by atoms with Gasteiger partial charge in [0.05, 0.1) is 5.56 Å². The molecule has 5 heteroatoms. The van der Waals surface area contributed by atoms with E-state index in [0.717, 1.165) is 32.0 Å². The minimum atomic E-state index is -4.31. The van der Waals surface area contributed by atoms with E-state index in [0.29, 0.717) is 12.1 Å². The van der Waals surface area contributed by atoms with Gasteiger partial charge in [0.1, 0.15) is 0 Å². The number of alkyl halides is 3. The standard InChI is InChI=1S/C15H23F3N2/c1-3-8-20(9-4-2)14(11-19)12-6-5-7-13(10-12)15(16,17)18/h5-7,10,14H,3-4,8-9,11,19H2,1-2H3. The minimum absolute atomic E-state index is 0.155. The maximum absolute atomic E-state index is 12.8. The molecule has 0 aliphatic carbocycles. The zero-order valence-electron chi connectivity index (χ0n) is 12.1. The molecule has 1 unspecified atom stereocenters. The summed E-state index contributed by atoms with van der Waals surface area (Å²) in [6, 6.07) is 5.34. The highest BCUT2D eigenvalue weighted by atomic mass is 19.4. The number of hydrogen-bond donors (Lipinski definition) is 1. The van der Waals surface area contributed by atoms with Crippen molar-refractivity contribution in [3.63, 3.8) is 0 Å². The highest BCUT2D eigenvalue weighted by Gasteiger charge is 2.31. The van der Waals surface area contributed by atoms with Crippen molar-refractivity contribution < 1.29 is 13.2 Å². The van der Waals surface area contributed by atoms with Gasteiger partial charge in [0.25, 0.3) is 0 Å². The van der Waals surface area contributed by atoms with Gasteiger partial charge in [0.15, 0.2) is 0 Å². The molecular formula is C15H23F3N2. The molecule has 20 heavy (non-hydrogen) atoms. The van der Waals surface area contributed by atoms with E-state index < -0.39 is 11.7 Å². The van der Waals surface area contributed by atoms with Crippen molar-refractivity contribution in [3.8, 4) is 0 Å². The summed E-state index contributed by atoms with van der Waals surface area (Å²) in [5.74, 6) is 0. The summed E-state index contributed by atoms with van der Waals surface area (Å²) < 4.78 is 38.4. The van der Waals surface area contributed by atoms with E-state index in [-0.39, 0.29) is 6.04 Å². The minimum Gasteiger partial charge on any atom is -0.329 e. The molecule has 0 aromatic heterocycles. The van der Waals surface area contributed by atoms with Gasteiger partial charge in [-0.25, -0.2) is 0 Å². The van der Waals surface area contributed by atoms with Gasteiger partial charge in [-0.3, -0.25) is 4.90 Å². The van der Waals surface area contributed by atoms with Crippen LogP contribution in [0, 0.1) is 0 Å². The monoisotopic (exact) mass is 288 g/mol. The van der Waals surface area contributed by atoms with Crippen LogP contribution in [0.3, 0.4) is 0 Å². The van der Waals surface area contributed by atoms with Crippen LogP contribution in [0.2, 0.25) is 0 Å². The Kier molecular flexibility index (Phi) is 6.49. The van der Waals surface area contributed by atoms with E-state index in [9.17, 15) is 13.2 Å². The first kappa shape index (κ1) is 17.0. The summed E-state index contributed by atoms with van der Waals surface area (Å²) in [5, 5.41) is 0. The van der Waals surface area contributed by atoms with E-state index >= 15 is 0 Å². The molecule has 114 valence electrons. The quantitative estimate of drug-likeness (QED) is 0.826. The molecule has 0 spiro atoms. The molecule has 0 saturated heterocycles. The molecule has 0 heterocycles. The molecule has 0 bridgehead atoms. The lowest BCUT2D eigenvalue weighted by molar-refractivity contribution is -0.137. The van der Waals surface area contributed by atoms with Crippen LogP contribution in [0.25, 0.3) is 0 Å². The zero-order chi connectivity index (χ0) is 15.2. The third-order valence-corrected chi connectivity index (χ3v) is 3.28. The Hall–Kier alpha value is -1.07. The number of benzene rings is 1. The van der Waals surface area contributed by atoms with Crippen LogP contribution in [0.1, 0.15) is 43.9 Å². The first-order chi connectivity index (χ1) is 9.43. The molecule has 0 saturated carbocycles. The van der Waals surface area contributed by atoms with Gasteiger partial charge in [0.2, 0.25) is 0 Å². The van der Waals surface area contributed by atoms with E-state index in [1.165, 1.54) is 12.1 Å². The molecule has 1 atom stereocenters. The summed E-state index contributed by atoms with van der Waals surface area (Å²) >= 11 is 0. The molecule has 0 aliphatic heterocycles. The first-order valence-electron chi connectivity index (χ1n) is 7.05. The predicted octanol–water partition coefficient (Wildman–Crippen LogP) is 3.83. The summed E-state index contributed by atoms with van der Waals surface area (Å²) in [6.45, 7) is 6.12. The summed E-state index contributed by atoms with van der Waals surface area (Å²) in [4.78, 5) is 2.16. The van der Waals surface area contributed by atoms with E-state index in [2.05, 4.69) is 18.7 Å². The van der Waals surface area contributed by atoms with Crippen molar-refractivity contribution in [2.45, 2.75) is 38.9 Å². The van der Waals surface area contributed by atoms with Crippen molar-refractivity contribution >= 4 is 0 Å². The van der Waals surface area contributed by atoms with Crippen LogP contribution in [-0.4, -0.2) is 24.5 Å². The highest BCUT2D eigenvalue weighted by Crippen LogP contribution is 2.31. The molecule has 0 radical (unpaired) electrons. The highest BCUT2D eigenvalue weighted by molar-refractivity contribution is 5.28. The largest absolute Gasteiger partial charge is 0.416 e. The fourth-order valence-electron chi connectivity index (χ4n) is 2.42. The summed E-state index contributed by atoms with van der Waals surface area (Å²) in [6.07, 6.45) is -2.40. The fourth-order valence-corrected chi connectivity index (χ4v) is 2.42. The van der Waals surface area contributed by atoms with Crippen LogP contribution < -0.4 is 5.73 Å². The summed E-state index contributed by atoms with van der Waals surface area (Å²) in [5.41, 5.74) is 5.84. The average molecular weight is 288 g/mol. The third-order valence-electron chi connectivity index (χ3n) is 3.28. The SMILES string of the molecule is CCCN(CCC)C(CN)c1cccc(C(F)(F)F)c1. The second-order valence-corrected chi connectivity index (χ2v) is 4.91. The molecule has 0 fully saturated rings. The van der Waals surface area contributed by atoms with E-state index in [1.54, 1.807) is 6.07 Å². The Morgan fingerprint density at radius 3 is 2.20 bits per heavy atom. The van der Waals surface area contributed by atoms with Crippen molar-refractivity contribution in [2.75, 3.05) is 19.6 Å². The van der Waals surface area contributed by atoms with E-state index in [1.807, 2.05) is 0 Å². The summed E-state index contributed by atoms with van der Waals surface area (Å²) in [7, 11) is 0. The van der Waals surface area contributed by atoms with Crippen molar-refractivity contribution in [1.29, 1.82) is 0 Å². The zero-order valence-corrected chi connectivity index (χ0v) is 12.1. The fraction of sp³-hybridized carbons (Fsp3) is 0.600. The second kappa shape index (κ2) is 7.64. The molecule has 1 aromatic carbocycles. The van der Waals surface area contributed by atoms with Crippen molar-refractivity contribution in [1.82, 2.24) is 4.90 Å². The van der Waals surface area contributed by atoms with Gasteiger partial charge in [-0.05, 0) is 43.6 Å². The Morgan fingerprint density at radius 2 is 1.75 bits per heavy atom. The first-order valence-corrected chi connectivity index (χ1v) is 7.05. The normalized spacial score (nSPS) is 13.8. The van der Waals surface area contributed by atoms with Crippen LogP contribution in [0.4, 0.5) is 13.2 Å². The lowest BCUT2D eigenvalue weighted by Crippen LogP contribution is -2.35. The predicted molar refractivity (Wildman–Crippen MR) is 75.4 cm³/mol. The van der Waals surface area contributed by atoms with Crippen LogP contribution in [0.15, 0.2) is 24.3 Å². The maximum Gasteiger partial charge on any atom is 0.416 e. The Labute approximate surface area is 118 Å². The molecule has 0 amide bonds. The van der Waals surface area contributed by atoms with Gasteiger partial charge in [0, 0.05) is 12.6 Å².